The third-order valence-electron chi connectivity index (χ3n) is 16.4. The van der Waals surface area contributed by atoms with Crippen molar-refractivity contribution in [2.45, 2.75) is 419 Å². The Morgan fingerprint density at radius 3 is 0.526 bits per heavy atom. The summed E-state index contributed by atoms with van der Waals surface area (Å²) in [4.78, 5) is 38.2. The van der Waals surface area contributed by atoms with Gasteiger partial charge in [-0.25, -0.2) is 0 Å². The van der Waals surface area contributed by atoms with E-state index in [0.29, 0.717) is 19.3 Å². The Labute approximate surface area is 476 Å². The Balaban J connectivity index is 4.00. The first-order valence-electron chi connectivity index (χ1n) is 35.0. The first-order valence-corrected chi connectivity index (χ1v) is 35.0. The van der Waals surface area contributed by atoms with Crippen molar-refractivity contribution in [3.05, 3.63) is 0 Å². The minimum Gasteiger partial charge on any atom is -0.462 e. The number of esters is 3. The highest BCUT2D eigenvalue weighted by Crippen LogP contribution is 2.19. The van der Waals surface area contributed by atoms with Gasteiger partial charge >= 0.3 is 17.9 Å². The van der Waals surface area contributed by atoms with E-state index in [9.17, 15) is 14.4 Å². The molecule has 6 heteroatoms. The molecule has 1 unspecified atom stereocenters. The summed E-state index contributed by atoms with van der Waals surface area (Å²) < 4.78 is 16.9. The summed E-state index contributed by atoms with van der Waals surface area (Å²) >= 11 is 0. The van der Waals surface area contributed by atoms with Crippen LogP contribution in [0.5, 0.6) is 0 Å². The van der Waals surface area contributed by atoms with Crippen LogP contribution in [-0.2, 0) is 28.6 Å². The van der Waals surface area contributed by atoms with Gasteiger partial charge in [-0.1, -0.05) is 374 Å². The van der Waals surface area contributed by atoms with Gasteiger partial charge in [0.15, 0.2) is 6.10 Å². The molecule has 0 aliphatic carbocycles. The van der Waals surface area contributed by atoms with Gasteiger partial charge in [0, 0.05) is 19.3 Å². The molecule has 0 aromatic carbocycles. The van der Waals surface area contributed by atoms with Crippen molar-refractivity contribution in [1.29, 1.82) is 0 Å². The van der Waals surface area contributed by atoms with Crippen molar-refractivity contribution in [2.75, 3.05) is 13.2 Å². The molecule has 0 rings (SSSR count). The summed E-state index contributed by atoms with van der Waals surface area (Å²) in [6, 6.07) is 0. The lowest BCUT2D eigenvalue weighted by molar-refractivity contribution is -0.167. The lowest BCUT2D eigenvalue weighted by atomic mass is 10.0. The van der Waals surface area contributed by atoms with Gasteiger partial charge in [0.05, 0.1) is 0 Å². The molecular weight excluding hydrogens is 937 g/mol. The zero-order valence-corrected chi connectivity index (χ0v) is 52.1. The lowest BCUT2D eigenvalue weighted by Crippen LogP contribution is -2.30. The standard InChI is InChI=1S/C70H136O6/c1-4-7-10-13-16-19-21-23-25-27-29-31-32-33-34-35-36-37-38-39-40-42-43-45-47-49-51-54-57-60-63-69(72)75-66-67(65-74-68(71)62-59-56-53-18-15-12-9-6-3)76-70(73)64-61-58-55-52-50-48-46-44-41-30-28-26-24-22-20-17-14-11-8-5-2/h67H,4-66H2,1-3H3. The second kappa shape index (κ2) is 65.9. The second-order valence-electron chi connectivity index (χ2n) is 24.2. The topological polar surface area (TPSA) is 78.9 Å². The zero-order valence-electron chi connectivity index (χ0n) is 52.1. The molecule has 0 saturated heterocycles. The minimum atomic E-state index is -0.762. The van der Waals surface area contributed by atoms with Gasteiger partial charge in [-0.3, -0.25) is 14.4 Å². The van der Waals surface area contributed by atoms with Gasteiger partial charge in [-0.05, 0) is 19.3 Å². The molecule has 76 heavy (non-hydrogen) atoms. The van der Waals surface area contributed by atoms with Crippen LogP contribution in [0.25, 0.3) is 0 Å². The van der Waals surface area contributed by atoms with Crippen molar-refractivity contribution in [3.8, 4) is 0 Å². The van der Waals surface area contributed by atoms with Crippen molar-refractivity contribution in [2.24, 2.45) is 0 Å². The summed E-state index contributed by atoms with van der Waals surface area (Å²) in [5, 5.41) is 0. The van der Waals surface area contributed by atoms with Crippen LogP contribution in [0.3, 0.4) is 0 Å². The summed E-state index contributed by atoms with van der Waals surface area (Å²) in [6.07, 6.45) is 77.4. The third kappa shape index (κ3) is 63.2. The van der Waals surface area contributed by atoms with Gasteiger partial charge in [0.25, 0.3) is 0 Å². The van der Waals surface area contributed by atoms with Crippen LogP contribution in [0.4, 0.5) is 0 Å². The third-order valence-corrected chi connectivity index (χ3v) is 16.4. The molecule has 0 aromatic rings. The predicted octanol–water partition coefficient (Wildman–Crippen LogP) is 23.8. The Kier molecular flexibility index (Phi) is 64.5. The van der Waals surface area contributed by atoms with Crippen LogP contribution in [-0.4, -0.2) is 37.2 Å². The molecule has 0 aliphatic rings. The van der Waals surface area contributed by atoms with Crippen molar-refractivity contribution >= 4 is 17.9 Å². The Morgan fingerprint density at radius 1 is 0.211 bits per heavy atom. The fourth-order valence-corrected chi connectivity index (χ4v) is 11.1. The SMILES string of the molecule is CCCCCCCCCCCCCCCCCCCCCCCCCCCCCCCCC(=O)OCC(COC(=O)CCCCCCCCCC)OC(=O)CCCCCCCCCCCCCCCCCCCCCC. The maximum absolute atomic E-state index is 12.9. The highest BCUT2D eigenvalue weighted by molar-refractivity contribution is 5.71. The van der Waals surface area contributed by atoms with Gasteiger partial charge in [0.1, 0.15) is 13.2 Å². The van der Waals surface area contributed by atoms with E-state index in [-0.39, 0.29) is 31.1 Å². The molecule has 0 aliphatic heterocycles. The minimum absolute atomic E-state index is 0.0611. The fourth-order valence-electron chi connectivity index (χ4n) is 11.1. The predicted molar refractivity (Wildman–Crippen MR) is 330 cm³/mol. The molecule has 0 spiro atoms. The van der Waals surface area contributed by atoms with Crippen LogP contribution in [0.2, 0.25) is 0 Å². The Morgan fingerprint density at radius 2 is 0.355 bits per heavy atom. The average molecular weight is 1070 g/mol. The Bertz CT molecular complexity index is 1140. The molecule has 0 radical (unpaired) electrons. The molecular formula is C70H136O6. The van der Waals surface area contributed by atoms with Gasteiger partial charge in [0.2, 0.25) is 0 Å². The number of carbonyl (C=O) groups excluding carboxylic acids is 3. The van der Waals surface area contributed by atoms with Crippen molar-refractivity contribution < 1.29 is 28.6 Å². The van der Waals surface area contributed by atoms with Gasteiger partial charge in [-0.15, -0.1) is 0 Å². The molecule has 0 heterocycles. The molecule has 6 nitrogen and oxygen atoms in total. The van der Waals surface area contributed by atoms with Crippen molar-refractivity contribution in [3.63, 3.8) is 0 Å². The highest BCUT2D eigenvalue weighted by atomic mass is 16.6. The van der Waals surface area contributed by atoms with E-state index < -0.39 is 6.10 Å². The first kappa shape index (κ1) is 74.4. The average Bonchev–Trinajstić information content (AvgIpc) is 3.42. The summed E-state index contributed by atoms with van der Waals surface area (Å²) in [7, 11) is 0. The van der Waals surface area contributed by atoms with Crippen LogP contribution in [0.15, 0.2) is 0 Å². The maximum atomic E-state index is 12.9. The number of carbonyl (C=O) groups is 3. The van der Waals surface area contributed by atoms with E-state index in [1.807, 2.05) is 0 Å². The molecule has 1 atom stereocenters. The second-order valence-corrected chi connectivity index (χ2v) is 24.2. The number of hydrogen-bond acceptors (Lipinski definition) is 6. The molecule has 0 fully saturated rings. The first-order chi connectivity index (χ1) is 37.5. The summed E-state index contributed by atoms with van der Waals surface area (Å²) in [5.74, 6) is -0.831. The van der Waals surface area contributed by atoms with E-state index in [1.54, 1.807) is 0 Å². The van der Waals surface area contributed by atoms with E-state index >= 15 is 0 Å². The van der Waals surface area contributed by atoms with Crippen LogP contribution >= 0.6 is 0 Å². The number of hydrogen-bond donors (Lipinski definition) is 0. The smallest absolute Gasteiger partial charge is 0.306 e. The quantitative estimate of drug-likeness (QED) is 0.0343. The fraction of sp³-hybridized carbons (Fsp3) is 0.957. The number of ether oxygens (including phenoxy) is 3. The summed E-state index contributed by atoms with van der Waals surface area (Å²) in [6.45, 7) is 6.70. The molecule has 452 valence electrons. The van der Waals surface area contributed by atoms with E-state index in [4.69, 9.17) is 14.2 Å². The van der Waals surface area contributed by atoms with Crippen LogP contribution < -0.4 is 0 Å². The lowest BCUT2D eigenvalue weighted by Gasteiger charge is -2.18. The molecule has 0 amide bonds. The van der Waals surface area contributed by atoms with E-state index in [1.165, 1.54) is 315 Å². The largest absolute Gasteiger partial charge is 0.462 e. The highest BCUT2D eigenvalue weighted by Gasteiger charge is 2.19. The molecule has 0 bridgehead atoms. The van der Waals surface area contributed by atoms with E-state index in [0.717, 1.165) is 57.8 Å². The monoisotopic (exact) mass is 1070 g/mol. The maximum Gasteiger partial charge on any atom is 0.306 e. The Hall–Kier alpha value is -1.59. The molecule has 0 saturated carbocycles. The van der Waals surface area contributed by atoms with Crippen molar-refractivity contribution in [1.82, 2.24) is 0 Å². The molecule has 0 aromatic heterocycles. The number of rotatable bonds is 66. The number of unbranched alkanes of at least 4 members (excludes halogenated alkanes) is 55. The van der Waals surface area contributed by atoms with E-state index in [2.05, 4.69) is 20.8 Å². The summed E-state index contributed by atoms with van der Waals surface area (Å²) in [5.41, 5.74) is 0. The van der Waals surface area contributed by atoms with Gasteiger partial charge in [-0.2, -0.15) is 0 Å². The molecule has 0 N–H and O–H groups in total. The van der Waals surface area contributed by atoms with Crippen LogP contribution in [0, 0.1) is 0 Å². The van der Waals surface area contributed by atoms with Gasteiger partial charge < -0.3 is 14.2 Å². The normalized spacial score (nSPS) is 11.9. The zero-order chi connectivity index (χ0) is 55.0. The van der Waals surface area contributed by atoms with Crippen LogP contribution in [0.1, 0.15) is 412 Å².